The third kappa shape index (κ3) is 6.47. The number of rotatable bonds is 8. The minimum absolute atomic E-state index is 0.304. The SMILES string of the molecule is O=C(O)c1ccccc1N=Nc1c(S(=O)(=O)O)cc2cc(S(=O)(=O)O)c(N=Nc3ccccc3[As](=O)(O)O)c(O)c2c1O. The zero-order valence-electron chi connectivity index (χ0n) is 20.9. The second-order valence-corrected chi connectivity index (χ2v) is 14.5. The molecular formula is C23H17AsN4O13S2. The van der Waals surface area contributed by atoms with E-state index in [1.165, 1.54) is 30.3 Å². The average Bonchev–Trinajstić information content (AvgIpc) is 2.90. The van der Waals surface area contributed by atoms with E-state index in [1.54, 1.807) is 0 Å². The van der Waals surface area contributed by atoms with Crippen molar-refractivity contribution < 1.29 is 58.0 Å². The van der Waals surface area contributed by atoms with Crippen LogP contribution in [-0.2, 0) is 24.0 Å². The first-order valence-electron chi connectivity index (χ1n) is 11.2. The van der Waals surface area contributed by atoms with Gasteiger partial charge in [-0.1, -0.05) is 12.1 Å². The molecule has 0 radical (unpaired) electrons. The number of carboxylic acids is 1. The molecule has 20 heteroatoms. The number of benzene rings is 4. The molecule has 0 unspecified atom stereocenters. The average molecular weight is 696 g/mol. The van der Waals surface area contributed by atoms with Crippen molar-refractivity contribution in [2.24, 2.45) is 20.5 Å². The Morgan fingerprint density at radius 2 is 1.14 bits per heavy atom. The molecule has 0 saturated heterocycles. The van der Waals surface area contributed by atoms with E-state index in [9.17, 15) is 58.0 Å². The fourth-order valence-electron chi connectivity index (χ4n) is 3.79. The third-order valence-corrected chi connectivity index (χ3v) is 9.50. The van der Waals surface area contributed by atoms with E-state index in [0.717, 1.165) is 18.2 Å². The van der Waals surface area contributed by atoms with Gasteiger partial charge >= 0.3 is 204 Å². The van der Waals surface area contributed by atoms with Crippen molar-refractivity contribution in [2.75, 3.05) is 0 Å². The molecule has 0 saturated carbocycles. The minimum atomic E-state index is -5.60. The van der Waals surface area contributed by atoms with Gasteiger partial charge in [0.25, 0.3) is 0 Å². The van der Waals surface area contributed by atoms with Gasteiger partial charge in [-0.05, 0) is 12.1 Å². The molecule has 4 aromatic carbocycles. The van der Waals surface area contributed by atoms with Crippen LogP contribution in [0, 0.1) is 0 Å². The number of fused-ring (bicyclic) bond motifs is 1. The number of hydrogen-bond donors (Lipinski definition) is 7. The summed E-state index contributed by atoms with van der Waals surface area (Å²) in [5, 5.41) is 44.3. The monoisotopic (exact) mass is 696 g/mol. The predicted molar refractivity (Wildman–Crippen MR) is 146 cm³/mol. The van der Waals surface area contributed by atoms with Crippen molar-refractivity contribution in [2.45, 2.75) is 9.79 Å². The maximum absolute atomic E-state index is 12.2. The summed E-state index contributed by atoms with van der Waals surface area (Å²) < 4.78 is 98.8. The number of carboxylic acid groups (broad SMARTS) is 1. The molecule has 224 valence electrons. The van der Waals surface area contributed by atoms with Crippen LogP contribution in [0.5, 0.6) is 11.5 Å². The summed E-state index contributed by atoms with van der Waals surface area (Å²) in [6.07, 6.45) is 0. The van der Waals surface area contributed by atoms with Crippen molar-refractivity contribution in [3.05, 3.63) is 66.2 Å². The van der Waals surface area contributed by atoms with Gasteiger partial charge in [-0.2, -0.15) is 0 Å². The number of phenols is 2. The number of nitrogens with zero attached hydrogens (tertiary/aromatic N) is 4. The molecule has 0 aliphatic heterocycles. The Morgan fingerprint density at radius 3 is 1.60 bits per heavy atom. The summed E-state index contributed by atoms with van der Waals surface area (Å²) >= 11 is -5.60. The molecule has 0 amide bonds. The summed E-state index contributed by atoms with van der Waals surface area (Å²) in [4.78, 5) is 9.16. The number of carbonyl (C=O) groups is 1. The molecule has 0 aliphatic rings. The van der Waals surface area contributed by atoms with Gasteiger partial charge in [0.2, 0.25) is 0 Å². The van der Waals surface area contributed by atoms with Gasteiger partial charge < -0.3 is 5.11 Å². The van der Waals surface area contributed by atoms with Crippen molar-refractivity contribution in [1.29, 1.82) is 0 Å². The van der Waals surface area contributed by atoms with E-state index in [4.69, 9.17) is 0 Å². The van der Waals surface area contributed by atoms with Crippen LogP contribution in [0.1, 0.15) is 10.4 Å². The van der Waals surface area contributed by atoms with Gasteiger partial charge in [0.1, 0.15) is 0 Å². The zero-order chi connectivity index (χ0) is 31.9. The summed E-state index contributed by atoms with van der Waals surface area (Å²) in [5.41, 5.74) is -3.17. The van der Waals surface area contributed by atoms with Crippen LogP contribution in [0.4, 0.5) is 22.7 Å². The van der Waals surface area contributed by atoms with Crippen LogP contribution in [0.2, 0.25) is 0 Å². The van der Waals surface area contributed by atoms with Crippen LogP contribution >= 0.6 is 0 Å². The van der Waals surface area contributed by atoms with Crippen molar-refractivity contribution in [1.82, 2.24) is 0 Å². The Kier molecular flexibility index (Phi) is 8.26. The molecular weight excluding hydrogens is 679 g/mol. The van der Waals surface area contributed by atoms with Crippen molar-refractivity contribution in [3.8, 4) is 11.5 Å². The molecule has 17 nitrogen and oxygen atoms in total. The standard InChI is InChI=1S/C23H17AsN4O13S2/c29-21-18-11(9-16(42(36,37)38)19(21)27-25-14-7-3-1-5-12(14)23(31)32)10-17(43(39,40)41)20(22(18)30)28-26-15-8-4-2-6-13(15)24(33,34)35/h1-10,29-30H,(H,31,32)(H2,33,34,35)(H,36,37,38)(H,39,40,41). The molecule has 4 aromatic rings. The topological polar surface area (TPSA) is 293 Å². The number of aromatic carboxylic acids is 1. The van der Waals surface area contributed by atoms with E-state index >= 15 is 0 Å². The van der Waals surface area contributed by atoms with E-state index in [1.807, 2.05) is 0 Å². The van der Waals surface area contributed by atoms with Crippen LogP contribution in [-0.4, -0.2) is 69.6 Å². The molecule has 0 aromatic heterocycles. The Hall–Kier alpha value is -4.49. The van der Waals surface area contributed by atoms with Crippen LogP contribution in [0.3, 0.4) is 0 Å². The van der Waals surface area contributed by atoms with E-state index in [2.05, 4.69) is 20.5 Å². The first-order valence-corrected chi connectivity index (χ1v) is 17.5. The summed E-state index contributed by atoms with van der Waals surface area (Å²) in [6, 6.07) is 10.9. The second kappa shape index (κ2) is 11.3. The van der Waals surface area contributed by atoms with Crippen molar-refractivity contribution >= 4 is 78.3 Å². The van der Waals surface area contributed by atoms with E-state index in [-0.39, 0.29) is 11.3 Å². The molecule has 0 spiro atoms. The number of azo groups is 2. The Labute approximate surface area is 243 Å². The molecule has 0 atom stereocenters. The predicted octanol–water partition coefficient (Wildman–Crippen LogP) is 2.83. The number of aromatic hydroxyl groups is 2. The van der Waals surface area contributed by atoms with Gasteiger partial charge in [0, 0.05) is 0 Å². The zero-order valence-corrected chi connectivity index (χ0v) is 24.4. The van der Waals surface area contributed by atoms with Crippen LogP contribution < -0.4 is 4.35 Å². The Morgan fingerprint density at radius 1 is 0.698 bits per heavy atom. The van der Waals surface area contributed by atoms with E-state index < -0.39 is 93.9 Å². The Bertz CT molecular complexity index is 2140. The normalized spacial score (nSPS) is 12.8. The van der Waals surface area contributed by atoms with Crippen molar-refractivity contribution in [3.63, 3.8) is 0 Å². The van der Waals surface area contributed by atoms with Gasteiger partial charge in [-0.25, -0.2) is 4.79 Å². The molecule has 0 fully saturated rings. The quantitative estimate of drug-likeness (QED) is 0.0793. The first-order chi connectivity index (χ1) is 19.9. The van der Waals surface area contributed by atoms with Gasteiger partial charge in [-0.3, -0.25) is 0 Å². The number of phenolic OH excluding ortho intramolecular Hbond substituents is 2. The molecule has 0 bridgehead atoms. The fraction of sp³-hybridized carbons (Fsp3) is 0. The molecule has 43 heavy (non-hydrogen) atoms. The van der Waals surface area contributed by atoms with Gasteiger partial charge in [-0.15, -0.1) is 0 Å². The first kappa shape index (κ1) is 31.4. The van der Waals surface area contributed by atoms with Gasteiger partial charge in [0.05, 0.1) is 5.56 Å². The molecule has 4 rings (SSSR count). The maximum atomic E-state index is 12.2. The Balaban J connectivity index is 2.05. The van der Waals surface area contributed by atoms with E-state index in [0.29, 0.717) is 12.1 Å². The second-order valence-electron chi connectivity index (χ2n) is 8.45. The van der Waals surface area contributed by atoms with Crippen LogP contribution in [0.15, 0.2) is 90.9 Å². The third-order valence-electron chi connectivity index (χ3n) is 5.65. The summed E-state index contributed by atoms with van der Waals surface area (Å²) in [6.45, 7) is 0. The number of hydrogen-bond acceptors (Lipinski definition) is 12. The van der Waals surface area contributed by atoms with Gasteiger partial charge in [0.15, 0.2) is 0 Å². The molecule has 0 heterocycles. The summed E-state index contributed by atoms with van der Waals surface area (Å²) in [5.74, 6) is -3.87. The molecule has 0 aliphatic carbocycles. The van der Waals surface area contributed by atoms with Crippen LogP contribution in [0.25, 0.3) is 10.8 Å². The summed E-state index contributed by atoms with van der Waals surface area (Å²) in [7, 11) is -10.5. The molecule has 7 N–H and O–H groups in total. The fourth-order valence-corrected chi connectivity index (χ4v) is 6.57.